The fraction of sp³-hybridized carbons (Fsp3) is 0.643. The van der Waals surface area contributed by atoms with E-state index >= 15 is 0 Å². The molecule has 1 aromatic rings. The van der Waals surface area contributed by atoms with Crippen molar-refractivity contribution in [2.75, 3.05) is 18.5 Å². The average Bonchev–Trinajstić information content (AvgIpc) is 2.40. The minimum atomic E-state index is 0.698. The van der Waals surface area contributed by atoms with Crippen LogP contribution in [0.25, 0.3) is 0 Å². The zero-order valence-corrected chi connectivity index (χ0v) is 10.9. The highest BCUT2D eigenvalue weighted by atomic mass is 15.2. The minimum Gasteiger partial charge on any atom is -0.367 e. The van der Waals surface area contributed by atoms with Crippen LogP contribution in [0.4, 0.5) is 5.69 Å². The summed E-state index contributed by atoms with van der Waals surface area (Å²) in [4.78, 5) is 6.86. The van der Waals surface area contributed by atoms with E-state index in [-0.39, 0.29) is 0 Å². The number of hydrogen-bond donors (Lipinski definition) is 1. The highest BCUT2D eigenvalue weighted by Gasteiger charge is 2.22. The SMILES string of the molecule is CCC1CCCCN1c1cnccc1CNC. The molecule has 1 N–H and O–H groups in total. The topological polar surface area (TPSA) is 28.2 Å². The molecule has 0 bridgehead atoms. The van der Waals surface area contributed by atoms with Gasteiger partial charge in [-0.2, -0.15) is 0 Å². The summed E-state index contributed by atoms with van der Waals surface area (Å²) in [6, 6.07) is 2.83. The van der Waals surface area contributed by atoms with Crippen molar-refractivity contribution >= 4 is 5.69 Å². The number of anilines is 1. The predicted molar refractivity (Wildman–Crippen MR) is 72.3 cm³/mol. The van der Waals surface area contributed by atoms with Gasteiger partial charge in [0.2, 0.25) is 0 Å². The maximum absolute atomic E-state index is 4.30. The van der Waals surface area contributed by atoms with E-state index in [1.54, 1.807) is 0 Å². The molecule has 2 heterocycles. The van der Waals surface area contributed by atoms with Crippen LogP contribution in [0.2, 0.25) is 0 Å². The number of nitrogens with one attached hydrogen (secondary N) is 1. The van der Waals surface area contributed by atoms with E-state index in [4.69, 9.17) is 0 Å². The second kappa shape index (κ2) is 6.01. The van der Waals surface area contributed by atoms with Gasteiger partial charge in [-0.3, -0.25) is 4.98 Å². The smallest absolute Gasteiger partial charge is 0.0600 e. The Morgan fingerprint density at radius 3 is 3.12 bits per heavy atom. The first kappa shape index (κ1) is 12.4. The first-order valence-corrected chi connectivity index (χ1v) is 6.71. The Kier molecular flexibility index (Phi) is 4.37. The van der Waals surface area contributed by atoms with Crippen molar-refractivity contribution in [3.05, 3.63) is 24.0 Å². The number of rotatable bonds is 4. The molecule has 0 saturated carbocycles. The van der Waals surface area contributed by atoms with Crippen LogP contribution in [0.3, 0.4) is 0 Å². The van der Waals surface area contributed by atoms with Gasteiger partial charge in [0.1, 0.15) is 0 Å². The van der Waals surface area contributed by atoms with Gasteiger partial charge in [0.15, 0.2) is 0 Å². The molecule has 3 nitrogen and oxygen atoms in total. The molecule has 17 heavy (non-hydrogen) atoms. The maximum Gasteiger partial charge on any atom is 0.0600 e. The molecule has 0 spiro atoms. The van der Waals surface area contributed by atoms with Crippen LogP contribution in [-0.2, 0) is 6.54 Å². The van der Waals surface area contributed by atoms with Crippen LogP contribution in [0, 0.1) is 0 Å². The predicted octanol–water partition coefficient (Wildman–Crippen LogP) is 2.57. The third-order valence-electron chi connectivity index (χ3n) is 3.66. The third kappa shape index (κ3) is 2.78. The second-order valence-corrected chi connectivity index (χ2v) is 4.79. The van der Waals surface area contributed by atoms with Gasteiger partial charge in [-0.25, -0.2) is 0 Å². The van der Waals surface area contributed by atoms with Crippen LogP contribution < -0.4 is 10.2 Å². The van der Waals surface area contributed by atoms with Gasteiger partial charge in [-0.05, 0) is 44.4 Å². The monoisotopic (exact) mass is 233 g/mol. The summed E-state index contributed by atoms with van der Waals surface area (Å²) in [6.07, 6.45) is 9.15. The summed E-state index contributed by atoms with van der Waals surface area (Å²) in [5, 5.41) is 3.24. The molecule has 1 aliphatic rings. The van der Waals surface area contributed by atoms with E-state index < -0.39 is 0 Å². The van der Waals surface area contributed by atoms with E-state index in [0.717, 1.165) is 6.54 Å². The van der Waals surface area contributed by atoms with Crippen molar-refractivity contribution in [2.24, 2.45) is 0 Å². The highest BCUT2D eigenvalue weighted by molar-refractivity contribution is 5.52. The molecule has 0 amide bonds. The van der Waals surface area contributed by atoms with Gasteiger partial charge in [0.05, 0.1) is 11.9 Å². The van der Waals surface area contributed by atoms with Crippen molar-refractivity contribution < 1.29 is 0 Å². The fourth-order valence-corrected chi connectivity index (χ4v) is 2.76. The van der Waals surface area contributed by atoms with E-state index in [2.05, 4.69) is 28.2 Å². The number of aromatic nitrogens is 1. The molecular formula is C14H23N3. The Hall–Kier alpha value is -1.09. The molecule has 1 aliphatic heterocycles. The van der Waals surface area contributed by atoms with Crippen molar-refractivity contribution in [3.8, 4) is 0 Å². The van der Waals surface area contributed by atoms with Crippen LogP contribution in [0.15, 0.2) is 18.5 Å². The molecule has 1 atom stereocenters. The first-order chi connectivity index (χ1) is 8.36. The highest BCUT2D eigenvalue weighted by Crippen LogP contribution is 2.28. The summed E-state index contributed by atoms with van der Waals surface area (Å²) in [6.45, 7) is 4.39. The summed E-state index contributed by atoms with van der Waals surface area (Å²) >= 11 is 0. The molecule has 1 aromatic heterocycles. The summed E-state index contributed by atoms with van der Waals surface area (Å²) in [7, 11) is 2.00. The Labute approximate surface area is 104 Å². The van der Waals surface area contributed by atoms with Crippen molar-refractivity contribution in [1.82, 2.24) is 10.3 Å². The number of piperidine rings is 1. The Morgan fingerprint density at radius 2 is 2.35 bits per heavy atom. The molecule has 1 saturated heterocycles. The number of hydrogen-bond acceptors (Lipinski definition) is 3. The van der Waals surface area contributed by atoms with Gasteiger partial charge in [0, 0.05) is 25.3 Å². The normalized spacial score (nSPS) is 20.6. The van der Waals surface area contributed by atoms with Crippen LogP contribution in [0.1, 0.15) is 38.2 Å². The lowest BCUT2D eigenvalue weighted by Gasteiger charge is -2.38. The molecule has 2 rings (SSSR count). The van der Waals surface area contributed by atoms with Gasteiger partial charge in [-0.1, -0.05) is 6.92 Å². The summed E-state index contributed by atoms with van der Waals surface area (Å²) in [5.74, 6) is 0. The Bertz CT molecular complexity index is 351. The lowest BCUT2D eigenvalue weighted by atomic mass is 9.98. The Balaban J connectivity index is 2.24. The lowest BCUT2D eigenvalue weighted by Crippen LogP contribution is -2.39. The van der Waals surface area contributed by atoms with Gasteiger partial charge in [-0.15, -0.1) is 0 Å². The quantitative estimate of drug-likeness (QED) is 0.866. The van der Waals surface area contributed by atoms with E-state index in [0.29, 0.717) is 6.04 Å². The zero-order valence-electron chi connectivity index (χ0n) is 10.9. The van der Waals surface area contributed by atoms with Crippen LogP contribution >= 0.6 is 0 Å². The van der Waals surface area contributed by atoms with Gasteiger partial charge < -0.3 is 10.2 Å². The molecular weight excluding hydrogens is 210 g/mol. The van der Waals surface area contributed by atoms with E-state index in [1.165, 1.54) is 43.5 Å². The molecule has 1 fully saturated rings. The van der Waals surface area contributed by atoms with Gasteiger partial charge >= 0.3 is 0 Å². The van der Waals surface area contributed by atoms with Crippen molar-refractivity contribution in [2.45, 2.75) is 45.2 Å². The second-order valence-electron chi connectivity index (χ2n) is 4.79. The summed E-state index contributed by atoms with van der Waals surface area (Å²) in [5.41, 5.74) is 2.69. The fourth-order valence-electron chi connectivity index (χ4n) is 2.76. The molecule has 94 valence electrons. The van der Waals surface area contributed by atoms with E-state index in [9.17, 15) is 0 Å². The number of nitrogens with zero attached hydrogens (tertiary/aromatic N) is 2. The third-order valence-corrected chi connectivity index (χ3v) is 3.66. The lowest BCUT2D eigenvalue weighted by molar-refractivity contribution is 0.448. The largest absolute Gasteiger partial charge is 0.367 e. The minimum absolute atomic E-state index is 0.698. The average molecular weight is 233 g/mol. The Morgan fingerprint density at radius 1 is 1.47 bits per heavy atom. The zero-order chi connectivity index (χ0) is 12.1. The van der Waals surface area contributed by atoms with Crippen molar-refractivity contribution in [1.29, 1.82) is 0 Å². The molecule has 3 heteroatoms. The molecule has 0 aromatic carbocycles. The maximum atomic E-state index is 4.30. The summed E-state index contributed by atoms with van der Waals surface area (Å²) < 4.78 is 0. The molecule has 0 aliphatic carbocycles. The first-order valence-electron chi connectivity index (χ1n) is 6.71. The standard InChI is InChI=1S/C14H23N3/c1-3-13-6-4-5-9-17(13)14-11-16-8-7-12(14)10-15-2/h7-8,11,13,15H,3-6,9-10H2,1-2H3. The van der Waals surface area contributed by atoms with Gasteiger partial charge in [0.25, 0.3) is 0 Å². The van der Waals surface area contributed by atoms with Crippen molar-refractivity contribution in [3.63, 3.8) is 0 Å². The van der Waals surface area contributed by atoms with Crippen LogP contribution in [-0.4, -0.2) is 24.6 Å². The molecule has 1 unspecified atom stereocenters. The molecule has 0 radical (unpaired) electrons. The number of pyridine rings is 1. The van der Waals surface area contributed by atoms with E-state index in [1.807, 2.05) is 19.4 Å². The van der Waals surface area contributed by atoms with Crippen LogP contribution in [0.5, 0.6) is 0 Å².